The second kappa shape index (κ2) is 2.69. The molecule has 0 bridgehead atoms. The number of benzene rings is 1. The minimum absolute atomic E-state index is 0.157. The third-order valence-corrected chi connectivity index (χ3v) is 2.27. The van der Waals surface area contributed by atoms with Gasteiger partial charge in [-0.2, -0.15) is 0 Å². The summed E-state index contributed by atoms with van der Waals surface area (Å²) in [7, 11) is 0. The van der Waals surface area contributed by atoms with Gasteiger partial charge in [-0.25, -0.2) is 4.98 Å². The molecule has 0 spiro atoms. The minimum atomic E-state index is -0.157. The van der Waals surface area contributed by atoms with Crippen molar-refractivity contribution in [1.82, 2.24) is 9.97 Å². The zero-order valence-corrected chi connectivity index (χ0v) is 7.59. The van der Waals surface area contributed by atoms with Crippen molar-refractivity contribution in [1.29, 1.82) is 0 Å². The molecule has 1 heterocycles. The van der Waals surface area contributed by atoms with Crippen LogP contribution in [-0.4, -0.2) is 9.97 Å². The van der Waals surface area contributed by atoms with E-state index in [1.807, 2.05) is 26.0 Å². The molecule has 0 atom stereocenters. The van der Waals surface area contributed by atoms with Gasteiger partial charge in [0.2, 0.25) is 0 Å². The number of fused-ring (bicyclic) bond motifs is 1. The van der Waals surface area contributed by atoms with E-state index in [-0.39, 0.29) is 5.56 Å². The molecule has 0 aliphatic rings. The number of aromatic amines is 1. The van der Waals surface area contributed by atoms with Gasteiger partial charge in [0.15, 0.2) is 0 Å². The molecule has 1 aromatic heterocycles. The summed E-state index contributed by atoms with van der Waals surface area (Å²) in [6.07, 6.45) is 1.31. The van der Waals surface area contributed by atoms with Crippen LogP contribution in [0.3, 0.4) is 0 Å². The van der Waals surface area contributed by atoms with E-state index in [2.05, 4.69) is 9.97 Å². The average molecular weight is 174 g/mol. The molecule has 66 valence electrons. The highest BCUT2D eigenvalue weighted by Crippen LogP contribution is 2.15. The van der Waals surface area contributed by atoms with Crippen molar-refractivity contribution >= 4 is 11.0 Å². The number of hydrogen-bond donors (Lipinski definition) is 1. The van der Waals surface area contributed by atoms with Crippen molar-refractivity contribution in [2.24, 2.45) is 0 Å². The van der Waals surface area contributed by atoms with Gasteiger partial charge in [-0.15, -0.1) is 0 Å². The molecule has 2 aromatic rings. The number of rotatable bonds is 0. The number of nitrogens with zero attached hydrogens (tertiary/aromatic N) is 1. The van der Waals surface area contributed by atoms with E-state index in [0.717, 1.165) is 16.6 Å². The Morgan fingerprint density at radius 2 is 2.08 bits per heavy atom. The Hall–Kier alpha value is -1.64. The van der Waals surface area contributed by atoms with Crippen LogP contribution in [0.15, 0.2) is 23.1 Å². The van der Waals surface area contributed by atoms with Gasteiger partial charge in [0.1, 0.15) is 0 Å². The second-order valence-electron chi connectivity index (χ2n) is 3.15. The van der Waals surface area contributed by atoms with Crippen LogP contribution in [0, 0.1) is 13.8 Å². The van der Waals surface area contributed by atoms with Crippen molar-refractivity contribution in [3.05, 3.63) is 39.8 Å². The van der Waals surface area contributed by atoms with Crippen LogP contribution in [0.5, 0.6) is 0 Å². The fourth-order valence-electron chi connectivity index (χ4n) is 1.36. The van der Waals surface area contributed by atoms with E-state index >= 15 is 0 Å². The molecule has 0 saturated carbocycles. The average Bonchev–Trinajstić information content (AvgIpc) is 2.12. The maximum absolute atomic E-state index is 11.0. The number of nitrogens with one attached hydrogen (secondary N) is 1. The SMILES string of the molecule is Cc1ccc2[nH]c(=O)cnc2c1C. The molecule has 2 rings (SSSR count). The summed E-state index contributed by atoms with van der Waals surface area (Å²) in [6.45, 7) is 4.03. The summed E-state index contributed by atoms with van der Waals surface area (Å²) in [5.74, 6) is 0. The minimum Gasteiger partial charge on any atom is -0.319 e. The van der Waals surface area contributed by atoms with Crippen molar-refractivity contribution in [3.63, 3.8) is 0 Å². The number of aromatic nitrogens is 2. The largest absolute Gasteiger partial charge is 0.319 e. The third kappa shape index (κ3) is 1.22. The fraction of sp³-hybridized carbons (Fsp3) is 0.200. The predicted octanol–water partition coefficient (Wildman–Crippen LogP) is 1.54. The number of hydrogen-bond acceptors (Lipinski definition) is 2. The van der Waals surface area contributed by atoms with Gasteiger partial charge >= 0.3 is 0 Å². The number of H-pyrrole nitrogens is 1. The van der Waals surface area contributed by atoms with E-state index in [0.29, 0.717) is 0 Å². The predicted molar refractivity (Wildman–Crippen MR) is 51.8 cm³/mol. The zero-order chi connectivity index (χ0) is 9.42. The molecule has 3 heteroatoms. The van der Waals surface area contributed by atoms with Crippen LogP contribution in [0.2, 0.25) is 0 Å². The quantitative estimate of drug-likeness (QED) is 0.658. The smallest absolute Gasteiger partial charge is 0.266 e. The highest BCUT2D eigenvalue weighted by molar-refractivity contribution is 5.78. The molecule has 0 aliphatic carbocycles. The van der Waals surface area contributed by atoms with Gasteiger partial charge < -0.3 is 4.98 Å². The van der Waals surface area contributed by atoms with Gasteiger partial charge in [-0.05, 0) is 31.0 Å². The lowest BCUT2D eigenvalue weighted by molar-refractivity contribution is 1.19. The van der Waals surface area contributed by atoms with Gasteiger partial charge in [-0.3, -0.25) is 4.79 Å². The first-order valence-electron chi connectivity index (χ1n) is 4.14. The standard InChI is InChI=1S/C10H10N2O/c1-6-3-4-8-10(7(6)2)11-5-9(13)12-8/h3-5H,1-2H3,(H,12,13). The normalized spacial score (nSPS) is 10.6. The molecular formula is C10H10N2O. The summed E-state index contributed by atoms with van der Waals surface area (Å²) in [5.41, 5.74) is 3.83. The molecule has 13 heavy (non-hydrogen) atoms. The molecule has 3 nitrogen and oxygen atoms in total. The zero-order valence-electron chi connectivity index (χ0n) is 7.59. The molecule has 0 unspecified atom stereocenters. The van der Waals surface area contributed by atoms with Crippen molar-refractivity contribution in [3.8, 4) is 0 Å². The molecule has 0 saturated heterocycles. The van der Waals surface area contributed by atoms with Gasteiger partial charge in [0.25, 0.3) is 5.56 Å². The molecule has 0 amide bonds. The monoisotopic (exact) mass is 174 g/mol. The van der Waals surface area contributed by atoms with Crippen LogP contribution in [0.1, 0.15) is 11.1 Å². The van der Waals surface area contributed by atoms with E-state index in [1.165, 1.54) is 11.8 Å². The third-order valence-electron chi connectivity index (χ3n) is 2.27. The van der Waals surface area contributed by atoms with Gasteiger partial charge in [0.05, 0.1) is 17.2 Å². The van der Waals surface area contributed by atoms with Crippen LogP contribution in [0.25, 0.3) is 11.0 Å². The Kier molecular flexibility index (Phi) is 1.65. The van der Waals surface area contributed by atoms with Crippen molar-refractivity contribution in [2.45, 2.75) is 13.8 Å². The maximum Gasteiger partial charge on any atom is 0.266 e. The van der Waals surface area contributed by atoms with E-state index < -0.39 is 0 Å². The first-order valence-corrected chi connectivity index (χ1v) is 4.14. The van der Waals surface area contributed by atoms with Crippen LogP contribution >= 0.6 is 0 Å². The molecule has 0 aliphatic heterocycles. The van der Waals surface area contributed by atoms with Crippen LogP contribution < -0.4 is 5.56 Å². The Labute approximate surface area is 75.4 Å². The maximum atomic E-state index is 11.0. The van der Waals surface area contributed by atoms with Crippen LogP contribution in [-0.2, 0) is 0 Å². The summed E-state index contributed by atoms with van der Waals surface area (Å²) >= 11 is 0. The Morgan fingerprint density at radius 3 is 2.85 bits per heavy atom. The molecule has 1 aromatic carbocycles. The van der Waals surface area contributed by atoms with Gasteiger partial charge in [0, 0.05) is 0 Å². The molecular weight excluding hydrogens is 164 g/mol. The highest BCUT2D eigenvalue weighted by Gasteiger charge is 2.01. The first kappa shape index (κ1) is 7.98. The Balaban J connectivity index is 2.95. The lowest BCUT2D eigenvalue weighted by atomic mass is 10.1. The lowest BCUT2D eigenvalue weighted by Crippen LogP contribution is -2.05. The summed E-state index contributed by atoms with van der Waals surface area (Å²) in [6, 6.07) is 3.86. The molecule has 0 fully saturated rings. The van der Waals surface area contributed by atoms with E-state index in [4.69, 9.17) is 0 Å². The summed E-state index contributed by atoms with van der Waals surface area (Å²) in [4.78, 5) is 17.8. The Morgan fingerprint density at radius 1 is 1.31 bits per heavy atom. The lowest BCUT2D eigenvalue weighted by Gasteiger charge is -2.02. The van der Waals surface area contributed by atoms with Crippen molar-refractivity contribution in [2.75, 3.05) is 0 Å². The fourth-order valence-corrected chi connectivity index (χ4v) is 1.36. The van der Waals surface area contributed by atoms with E-state index in [9.17, 15) is 4.79 Å². The van der Waals surface area contributed by atoms with E-state index in [1.54, 1.807) is 0 Å². The second-order valence-corrected chi connectivity index (χ2v) is 3.15. The Bertz CT molecular complexity index is 514. The topological polar surface area (TPSA) is 45.8 Å². The van der Waals surface area contributed by atoms with Gasteiger partial charge in [-0.1, -0.05) is 6.07 Å². The first-order chi connectivity index (χ1) is 6.18. The molecule has 0 radical (unpaired) electrons. The number of aryl methyl sites for hydroxylation is 2. The highest BCUT2D eigenvalue weighted by atomic mass is 16.1. The summed E-state index contributed by atoms with van der Waals surface area (Å²) < 4.78 is 0. The molecule has 1 N–H and O–H groups in total. The van der Waals surface area contributed by atoms with Crippen molar-refractivity contribution < 1.29 is 0 Å². The van der Waals surface area contributed by atoms with Crippen LogP contribution in [0.4, 0.5) is 0 Å². The summed E-state index contributed by atoms with van der Waals surface area (Å²) in [5, 5.41) is 0.